The molecule has 5 aromatic rings. The van der Waals surface area contributed by atoms with Crippen molar-refractivity contribution in [3.63, 3.8) is 0 Å². The summed E-state index contributed by atoms with van der Waals surface area (Å²) in [5.74, 6) is 1.46. The highest BCUT2D eigenvalue weighted by Crippen LogP contribution is 2.31. The Morgan fingerprint density at radius 3 is 2.27 bits per heavy atom. The maximum atomic E-state index is 12.6. The summed E-state index contributed by atoms with van der Waals surface area (Å²) in [6.45, 7) is 4.28. The van der Waals surface area contributed by atoms with E-state index in [0.717, 1.165) is 31.6 Å². The van der Waals surface area contributed by atoms with Crippen molar-refractivity contribution in [1.29, 1.82) is 0 Å². The normalized spacial score (nSPS) is 11.2. The Hall–Kier alpha value is -3.67. The highest BCUT2D eigenvalue weighted by molar-refractivity contribution is 8.01. The lowest BCUT2D eigenvalue weighted by Gasteiger charge is -2.08. The van der Waals surface area contributed by atoms with Gasteiger partial charge in [-0.3, -0.25) is 9.59 Å². The molecule has 2 amide bonds. The van der Waals surface area contributed by atoms with E-state index in [2.05, 4.69) is 39.7 Å². The lowest BCUT2D eigenvalue weighted by atomic mass is 10.0. The minimum atomic E-state index is -0.133. The SMILES string of the molecule is CC(C)c1ccc(NC(=O)CSc2nc3ccc(NC(=O)CSc4nnc(-c5ccccc5)n4C)cc3s2)cc1. The van der Waals surface area contributed by atoms with E-state index in [9.17, 15) is 9.59 Å². The van der Waals surface area contributed by atoms with Crippen molar-refractivity contribution in [3.8, 4) is 11.4 Å². The number of nitrogens with one attached hydrogen (secondary N) is 2. The van der Waals surface area contributed by atoms with E-state index in [1.165, 1.54) is 40.4 Å². The Bertz CT molecular complexity index is 1630. The Balaban J connectivity index is 1.13. The molecule has 2 N–H and O–H groups in total. The van der Waals surface area contributed by atoms with Crippen molar-refractivity contribution in [2.45, 2.75) is 29.3 Å². The number of rotatable bonds is 10. The van der Waals surface area contributed by atoms with Gasteiger partial charge in [-0.25, -0.2) is 4.98 Å². The van der Waals surface area contributed by atoms with Crippen LogP contribution < -0.4 is 10.6 Å². The molecule has 5 rings (SSSR count). The van der Waals surface area contributed by atoms with Gasteiger partial charge in [0.15, 0.2) is 15.3 Å². The smallest absolute Gasteiger partial charge is 0.234 e. The maximum Gasteiger partial charge on any atom is 0.234 e. The monoisotopic (exact) mass is 588 g/mol. The zero-order valence-electron chi connectivity index (χ0n) is 22.2. The fraction of sp³-hybridized carbons (Fsp3) is 0.207. The standard InChI is InChI=1S/C29H28N6O2S3/c1-18(2)19-9-11-21(12-10-19)30-26(37)17-39-29-32-23-14-13-22(15-24(23)40-29)31-25(36)16-38-28-34-33-27(35(28)3)20-7-5-4-6-8-20/h4-15,18H,16-17H2,1-3H3,(H,30,37)(H,31,36). The van der Waals surface area contributed by atoms with Crippen LogP contribution in [0.4, 0.5) is 11.4 Å². The third-order valence-electron chi connectivity index (χ3n) is 6.04. The molecule has 0 radical (unpaired) electrons. The van der Waals surface area contributed by atoms with Crippen LogP contribution in [-0.4, -0.2) is 43.1 Å². The van der Waals surface area contributed by atoms with Crippen molar-refractivity contribution in [1.82, 2.24) is 19.7 Å². The van der Waals surface area contributed by atoms with Crippen LogP contribution in [-0.2, 0) is 16.6 Å². The van der Waals surface area contributed by atoms with Gasteiger partial charge in [-0.05, 0) is 41.8 Å². The minimum Gasteiger partial charge on any atom is -0.325 e. The molecule has 0 unspecified atom stereocenters. The van der Waals surface area contributed by atoms with Crippen LogP contribution in [0.15, 0.2) is 82.3 Å². The molecule has 0 aliphatic heterocycles. The second-order valence-electron chi connectivity index (χ2n) is 9.34. The van der Waals surface area contributed by atoms with Gasteiger partial charge >= 0.3 is 0 Å². The predicted molar refractivity (Wildman–Crippen MR) is 165 cm³/mol. The molecule has 0 bridgehead atoms. The number of benzene rings is 3. The summed E-state index contributed by atoms with van der Waals surface area (Å²) in [6.07, 6.45) is 0. The van der Waals surface area contributed by atoms with Crippen LogP contribution >= 0.6 is 34.9 Å². The van der Waals surface area contributed by atoms with E-state index in [1.807, 2.05) is 84.4 Å². The molecule has 0 saturated heterocycles. The lowest BCUT2D eigenvalue weighted by molar-refractivity contribution is -0.114. The molecule has 11 heteroatoms. The summed E-state index contributed by atoms with van der Waals surface area (Å²) in [4.78, 5) is 29.7. The largest absolute Gasteiger partial charge is 0.325 e. The molecule has 2 aromatic heterocycles. The second-order valence-corrected chi connectivity index (χ2v) is 12.5. The van der Waals surface area contributed by atoms with Gasteiger partial charge < -0.3 is 15.2 Å². The third kappa shape index (κ3) is 6.90. The molecular formula is C29H28N6O2S3. The first-order chi connectivity index (χ1) is 19.4. The minimum absolute atomic E-state index is 0.0780. The van der Waals surface area contributed by atoms with Gasteiger partial charge in [-0.1, -0.05) is 79.8 Å². The molecule has 2 heterocycles. The number of amides is 2. The van der Waals surface area contributed by atoms with Crippen LogP contribution in [0, 0.1) is 0 Å². The van der Waals surface area contributed by atoms with Gasteiger partial charge in [0, 0.05) is 24.0 Å². The van der Waals surface area contributed by atoms with Crippen molar-refractivity contribution < 1.29 is 9.59 Å². The molecule has 204 valence electrons. The molecule has 0 aliphatic rings. The number of aromatic nitrogens is 4. The first-order valence-electron chi connectivity index (χ1n) is 12.7. The van der Waals surface area contributed by atoms with Crippen LogP contribution in [0.5, 0.6) is 0 Å². The summed E-state index contributed by atoms with van der Waals surface area (Å²) < 4.78 is 3.63. The second kappa shape index (κ2) is 12.7. The first kappa shape index (κ1) is 27.9. The van der Waals surface area contributed by atoms with Gasteiger partial charge in [0.2, 0.25) is 11.8 Å². The summed E-state index contributed by atoms with van der Waals surface area (Å²) in [6, 6.07) is 23.4. The van der Waals surface area contributed by atoms with E-state index in [-0.39, 0.29) is 23.3 Å². The van der Waals surface area contributed by atoms with Crippen LogP contribution in [0.25, 0.3) is 21.6 Å². The number of carbonyl (C=O) groups is 2. The highest BCUT2D eigenvalue weighted by Gasteiger charge is 2.14. The number of fused-ring (bicyclic) bond motifs is 1. The number of thiazole rings is 1. The number of carbonyl (C=O) groups excluding carboxylic acids is 2. The van der Waals surface area contributed by atoms with Gasteiger partial charge in [0.1, 0.15) is 0 Å². The van der Waals surface area contributed by atoms with Crippen molar-refractivity contribution in [3.05, 3.63) is 78.4 Å². The highest BCUT2D eigenvalue weighted by atomic mass is 32.2. The molecule has 3 aromatic carbocycles. The molecule has 0 aliphatic carbocycles. The lowest BCUT2D eigenvalue weighted by Crippen LogP contribution is -2.14. The molecule has 0 atom stereocenters. The van der Waals surface area contributed by atoms with Crippen LogP contribution in [0.1, 0.15) is 25.3 Å². The third-order valence-corrected chi connectivity index (χ3v) is 9.22. The molecule has 0 spiro atoms. The van der Waals surface area contributed by atoms with Gasteiger partial charge in [0.05, 0.1) is 21.7 Å². The molecule has 40 heavy (non-hydrogen) atoms. The molecule has 8 nitrogen and oxygen atoms in total. The topological polar surface area (TPSA) is 102 Å². The number of anilines is 2. The van der Waals surface area contributed by atoms with Crippen molar-refractivity contribution in [2.24, 2.45) is 7.05 Å². The van der Waals surface area contributed by atoms with Gasteiger partial charge in [-0.2, -0.15) is 0 Å². The Kier molecular flexibility index (Phi) is 8.83. The zero-order valence-corrected chi connectivity index (χ0v) is 24.7. The molecular weight excluding hydrogens is 561 g/mol. The van der Waals surface area contributed by atoms with Crippen molar-refractivity contribution in [2.75, 3.05) is 22.1 Å². The average Bonchev–Trinajstić information content (AvgIpc) is 3.54. The summed E-state index contributed by atoms with van der Waals surface area (Å²) in [5.41, 5.74) is 4.52. The number of nitrogens with zero attached hydrogens (tertiary/aromatic N) is 4. The van der Waals surface area contributed by atoms with Gasteiger partial charge in [0.25, 0.3) is 0 Å². The fourth-order valence-electron chi connectivity index (χ4n) is 3.93. The molecule has 0 fully saturated rings. The van der Waals surface area contributed by atoms with Crippen molar-refractivity contribution >= 4 is 68.3 Å². The number of hydrogen-bond donors (Lipinski definition) is 2. The van der Waals surface area contributed by atoms with E-state index in [0.29, 0.717) is 16.8 Å². The van der Waals surface area contributed by atoms with Gasteiger partial charge in [-0.15, -0.1) is 21.5 Å². The van der Waals surface area contributed by atoms with Crippen LogP contribution in [0.3, 0.4) is 0 Å². The average molecular weight is 589 g/mol. The Morgan fingerprint density at radius 2 is 1.55 bits per heavy atom. The predicted octanol–water partition coefficient (Wildman–Crippen LogP) is 6.68. The first-order valence-corrected chi connectivity index (χ1v) is 15.4. The number of thioether (sulfide) groups is 2. The maximum absolute atomic E-state index is 12.6. The zero-order chi connectivity index (χ0) is 28.1. The van der Waals surface area contributed by atoms with E-state index in [1.54, 1.807) is 0 Å². The summed E-state index contributed by atoms with van der Waals surface area (Å²) in [7, 11) is 1.89. The Labute approximate surface area is 245 Å². The summed E-state index contributed by atoms with van der Waals surface area (Å²) >= 11 is 4.23. The summed E-state index contributed by atoms with van der Waals surface area (Å²) in [5, 5.41) is 15.1. The fourth-order valence-corrected chi connectivity index (χ4v) is 6.54. The Morgan fingerprint density at radius 1 is 0.875 bits per heavy atom. The van der Waals surface area contributed by atoms with Crippen LogP contribution in [0.2, 0.25) is 0 Å². The quantitative estimate of drug-likeness (QED) is 0.176. The molecule has 0 saturated carbocycles. The number of hydrogen-bond acceptors (Lipinski definition) is 8. The van der Waals surface area contributed by atoms with E-state index >= 15 is 0 Å². The van der Waals surface area contributed by atoms with E-state index < -0.39 is 0 Å². The van der Waals surface area contributed by atoms with E-state index in [4.69, 9.17) is 0 Å².